The SMILES string of the molecule is COc1ccc(CN2C[C@@H](C(=O)NC3(c4nc(C)no4)CCCCC3)CC2=O)cc1. The zero-order valence-corrected chi connectivity index (χ0v) is 17.5. The highest BCUT2D eigenvalue weighted by atomic mass is 16.5. The van der Waals surface area contributed by atoms with Crippen molar-refractivity contribution in [3.8, 4) is 5.75 Å². The molecule has 2 fully saturated rings. The molecule has 0 radical (unpaired) electrons. The second kappa shape index (κ2) is 8.45. The van der Waals surface area contributed by atoms with Gasteiger partial charge in [0, 0.05) is 19.5 Å². The van der Waals surface area contributed by atoms with Gasteiger partial charge in [0.25, 0.3) is 5.89 Å². The first kappa shape index (κ1) is 20.4. The minimum Gasteiger partial charge on any atom is -0.497 e. The van der Waals surface area contributed by atoms with Gasteiger partial charge in [-0.05, 0) is 37.5 Å². The van der Waals surface area contributed by atoms with Crippen molar-refractivity contribution >= 4 is 11.8 Å². The number of benzene rings is 1. The summed E-state index contributed by atoms with van der Waals surface area (Å²) < 4.78 is 10.6. The normalized spacial score (nSPS) is 20.9. The lowest BCUT2D eigenvalue weighted by atomic mass is 9.81. The number of hydrogen-bond acceptors (Lipinski definition) is 6. The molecule has 0 unspecified atom stereocenters. The molecule has 8 nitrogen and oxygen atoms in total. The Kier molecular flexibility index (Phi) is 5.74. The van der Waals surface area contributed by atoms with E-state index in [0.717, 1.165) is 43.4 Å². The molecular weight excluding hydrogens is 384 g/mol. The van der Waals surface area contributed by atoms with E-state index < -0.39 is 5.54 Å². The van der Waals surface area contributed by atoms with Crippen LogP contribution in [-0.4, -0.2) is 40.5 Å². The molecule has 30 heavy (non-hydrogen) atoms. The summed E-state index contributed by atoms with van der Waals surface area (Å²) in [5.74, 6) is 1.32. The molecule has 1 aliphatic heterocycles. The van der Waals surface area contributed by atoms with Gasteiger partial charge in [-0.3, -0.25) is 9.59 Å². The lowest BCUT2D eigenvalue weighted by Crippen LogP contribution is -2.50. The molecule has 1 saturated heterocycles. The van der Waals surface area contributed by atoms with Crippen LogP contribution < -0.4 is 10.1 Å². The molecule has 0 bridgehead atoms. The third-order valence-electron chi connectivity index (χ3n) is 6.12. The van der Waals surface area contributed by atoms with Crippen molar-refractivity contribution in [2.24, 2.45) is 5.92 Å². The maximum absolute atomic E-state index is 13.1. The van der Waals surface area contributed by atoms with Crippen LogP contribution in [0.1, 0.15) is 55.8 Å². The van der Waals surface area contributed by atoms with E-state index in [1.807, 2.05) is 24.3 Å². The highest BCUT2D eigenvalue weighted by molar-refractivity contribution is 5.89. The van der Waals surface area contributed by atoms with Crippen LogP contribution in [0.25, 0.3) is 0 Å². The van der Waals surface area contributed by atoms with E-state index in [-0.39, 0.29) is 24.2 Å². The molecule has 4 rings (SSSR count). The number of ether oxygens (including phenoxy) is 1. The van der Waals surface area contributed by atoms with Crippen molar-refractivity contribution in [1.29, 1.82) is 0 Å². The maximum atomic E-state index is 13.1. The minimum atomic E-state index is -0.622. The van der Waals surface area contributed by atoms with Gasteiger partial charge in [-0.15, -0.1) is 0 Å². The molecule has 1 aromatic carbocycles. The standard InChI is InChI=1S/C22H28N4O4/c1-15-23-21(30-25-15)22(10-4-3-5-11-22)24-20(28)17-12-19(27)26(14-17)13-16-6-8-18(29-2)9-7-16/h6-9,17H,3-5,10-14H2,1-2H3,(H,24,28)/t17-/m0/s1. The fourth-order valence-corrected chi connectivity index (χ4v) is 4.43. The van der Waals surface area contributed by atoms with Gasteiger partial charge >= 0.3 is 0 Å². The Balaban J connectivity index is 1.43. The molecule has 1 atom stereocenters. The van der Waals surface area contributed by atoms with Crippen LogP contribution in [0.15, 0.2) is 28.8 Å². The highest BCUT2D eigenvalue weighted by Crippen LogP contribution is 2.37. The quantitative estimate of drug-likeness (QED) is 0.783. The predicted molar refractivity (Wildman–Crippen MR) is 108 cm³/mol. The van der Waals surface area contributed by atoms with Crippen LogP contribution in [0, 0.1) is 12.8 Å². The number of likely N-dealkylation sites (tertiary alicyclic amines) is 1. The Morgan fingerprint density at radius 3 is 2.63 bits per heavy atom. The number of nitrogens with zero attached hydrogens (tertiary/aromatic N) is 3. The molecule has 2 heterocycles. The lowest BCUT2D eigenvalue weighted by molar-refractivity contribution is -0.130. The minimum absolute atomic E-state index is 0.00250. The Labute approximate surface area is 176 Å². The second-order valence-electron chi connectivity index (χ2n) is 8.30. The summed E-state index contributed by atoms with van der Waals surface area (Å²) >= 11 is 0. The molecule has 2 aliphatic rings. The third kappa shape index (κ3) is 4.17. The third-order valence-corrected chi connectivity index (χ3v) is 6.12. The van der Waals surface area contributed by atoms with Crippen LogP contribution in [0.3, 0.4) is 0 Å². The topological polar surface area (TPSA) is 97.6 Å². The molecule has 1 saturated carbocycles. The Morgan fingerprint density at radius 1 is 1.27 bits per heavy atom. The number of carbonyl (C=O) groups is 2. The van der Waals surface area contributed by atoms with E-state index in [1.54, 1.807) is 18.9 Å². The first-order chi connectivity index (χ1) is 14.5. The number of aromatic nitrogens is 2. The lowest BCUT2D eigenvalue weighted by Gasteiger charge is -2.35. The molecular formula is C22H28N4O4. The van der Waals surface area contributed by atoms with Crippen molar-refractivity contribution in [3.05, 3.63) is 41.5 Å². The second-order valence-corrected chi connectivity index (χ2v) is 8.30. The molecule has 2 amide bonds. The average Bonchev–Trinajstić information content (AvgIpc) is 3.35. The summed E-state index contributed by atoms with van der Waals surface area (Å²) in [6.45, 7) is 2.67. The van der Waals surface area contributed by atoms with E-state index in [9.17, 15) is 9.59 Å². The summed E-state index contributed by atoms with van der Waals surface area (Å²) in [7, 11) is 1.62. The Hall–Kier alpha value is -2.90. The zero-order valence-electron chi connectivity index (χ0n) is 17.5. The number of rotatable bonds is 6. The smallest absolute Gasteiger partial charge is 0.252 e. The molecule has 1 N–H and O–H groups in total. The Morgan fingerprint density at radius 2 is 2.00 bits per heavy atom. The molecule has 0 spiro atoms. The van der Waals surface area contributed by atoms with Crippen molar-refractivity contribution in [2.75, 3.05) is 13.7 Å². The molecule has 8 heteroatoms. The number of amides is 2. The molecule has 1 aliphatic carbocycles. The Bertz CT molecular complexity index is 902. The van der Waals surface area contributed by atoms with Crippen molar-refractivity contribution in [2.45, 2.75) is 57.5 Å². The van der Waals surface area contributed by atoms with Crippen molar-refractivity contribution < 1.29 is 18.8 Å². The predicted octanol–water partition coefficient (Wildman–Crippen LogP) is 2.71. The summed E-state index contributed by atoms with van der Waals surface area (Å²) in [5, 5.41) is 7.11. The summed E-state index contributed by atoms with van der Waals surface area (Å²) in [6, 6.07) is 7.63. The summed E-state index contributed by atoms with van der Waals surface area (Å²) in [4.78, 5) is 31.8. The largest absolute Gasteiger partial charge is 0.497 e. The van der Waals surface area contributed by atoms with Crippen molar-refractivity contribution in [1.82, 2.24) is 20.4 Å². The monoisotopic (exact) mass is 412 g/mol. The van der Waals surface area contributed by atoms with Crippen LogP contribution in [0.4, 0.5) is 0 Å². The number of nitrogens with one attached hydrogen (secondary N) is 1. The molecule has 2 aromatic rings. The number of aryl methyl sites for hydroxylation is 1. The van der Waals surface area contributed by atoms with Crippen molar-refractivity contribution in [3.63, 3.8) is 0 Å². The van der Waals surface area contributed by atoms with Crippen LogP contribution >= 0.6 is 0 Å². The van der Waals surface area contributed by atoms with Gasteiger partial charge in [-0.2, -0.15) is 4.98 Å². The van der Waals surface area contributed by atoms with Gasteiger partial charge < -0.3 is 19.5 Å². The number of carbonyl (C=O) groups excluding carboxylic acids is 2. The van der Waals surface area contributed by atoms with E-state index >= 15 is 0 Å². The van der Waals surface area contributed by atoms with Gasteiger partial charge in [-0.25, -0.2) is 0 Å². The maximum Gasteiger partial charge on any atom is 0.252 e. The van der Waals surface area contributed by atoms with E-state index in [1.165, 1.54) is 0 Å². The van der Waals surface area contributed by atoms with Crippen LogP contribution in [0.2, 0.25) is 0 Å². The summed E-state index contributed by atoms with van der Waals surface area (Å²) in [6.07, 6.45) is 4.89. The fourth-order valence-electron chi connectivity index (χ4n) is 4.43. The van der Waals surface area contributed by atoms with Gasteiger partial charge in [0.05, 0.1) is 13.0 Å². The van der Waals surface area contributed by atoms with Crippen LogP contribution in [-0.2, 0) is 21.7 Å². The number of hydrogen-bond donors (Lipinski definition) is 1. The fraction of sp³-hybridized carbons (Fsp3) is 0.545. The van der Waals surface area contributed by atoms with E-state index in [4.69, 9.17) is 9.26 Å². The van der Waals surface area contributed by atoms with Crippen LogP contribution in [0.5, 0.6) is 5.75 Å². The van der Waals surface area contributed by atoms with Gasteiger partial charge in [-0.1, -0.05) is 36.6 Å². The number of methoxy groups -OCH3 is 1. The molecule has 160 valence electrons. The van der Waals surface area contributed by atoms with E-state index in [0.29, 0.717) is 24.8 Å². The molecule has 1 aromatic heterocycles. The van der Waals surface area contributed by atoms with Gasteiger partial charge in [0.2, 0.25) is 11.8 Å². The zero-order chi connectivity index (χ0) is 21.1. The average molecular weight is 412 g/mol. The highest BCUT2D eigenvalue weighted by Gasteiger charge is 2.43. The van der Waals surface area contributed by atoms with Gasteiger partial charge in [0.1, 0.15) is 11.3 Å². The van der Waals surface area contributed by atoms with Gasteiger partial charge in [0.15, 0.2) is 5.82 Å². The first-order valence-electron chi connectivity index (χ1n) is 10.5. The summed E-state index contributed by atoms with van der Waals surface area (Å²) in [5.41, 5.74) is 0.388. The van der Waals surface area contributed by atoms with E-state index in [2.05, 4.69) is 15.5 Å². The first-order valence-corrected chi connectivity index (χ1v) is 10.5.